The van der Waals surface area contributed by atoms with Crippen LogP contribution >= 0.6 is 0 Å². The van der Waals surface area contributed by atoms with Crippen LogP contribution in [0.1, 0.15) is 43.4 Å². The molecule has 172 valence electrons. The Morgan fingerprint density at radius 1 is 1.12 bits per heavy atom. The van der Waals surface area contributed by atoms with Gasteiger partial charge in [0.25, 0.3) is 5.56 Å². The highest BCUT2D eigenvalue weighted by Crippen LogP contribution is 2.18. The van der Waals surface area contributed by atoms with Crippen molar-refractivity contribution in [3.8, 4) is 0 Å². The van der Waals surface area contributed by atoms with Crippen LogP contribution in [-0.2, 0) is 22.6 Å². The molecule has 7 nitrogen and oxygen atoms in total. The van der Waals surface area contributed by atoms with Gasteiger partial charge in [-0.25, -0.2) is 9.37 Å². The zero-order chi connectivity index (χ0) is 23.4. The molecule has 0 spiro atoms. The average Bonchev–Trinajstić information content (AvgIpc) is 3.29. The van der Waals surface area contributed by atoms with E-state index in [-0.39, 0.29) is 42.7 Å². The number of carbonyl (C=O) groups excluding carboxylic acids is 2. The Balaban J connectivity index is 1.53. The number of amides is 2. The molecule has 1 heterocycles. The molecule has 33 heavy (non-hydrogen) atoms. The monoisotopic (exact) mass is 450 g/mol. The summed E-state index contributed by atoms with van der Waals surface area (Å²) in [4.78, 5) is 42.6. The number of aromatic nitrogens is 2. The third kappa shape index (κ3) is 5.45. The number of aryl methyl sites for hydroxylation is 2. The van der Waals surface area contributed by atoms with E-state index in [2.05, 4.69) is 15.6 Å². The number of nitrogens with zero attached hydrogens (tertiary/aromatic N) is 2. The van der Waals surface area contributed by atoms with Gasteiger partial charge in [-0.15, -0.1) is 0 Å². The van der Waals surface area contributed by atoms with Crippen LogP contribution in [0.5, 0.6) is 0 Å². The van der Waals surface area contributed by atoms with Crippen LogP contribution in [0, 0.1) is 12.7 Å². The van der Waals surface area contributed by atoms with E-state index >= 15 is 0 Å². The molecule has 1 aliphatic rings. The molecular formula is C25H27FN4O3. The second-order valence-corrected chi connectivity index (χ2v) is 8.52. The zero-order valence-electron chi connectivity index (χ0n) is 18.6. The Bertz CT molecular complexity index is 1250. The molecule has 1 aliphatic carbocycles. The molecule has 0 bridgehead atoms. The minimum Gasteiger partial charge on any atom is -0.353 e. The Labute approximate surface area is 191 Å². The fourth-order valence-electron chi connectivity index (χ4n) is 4.22. The highest BCUT2D eigenvalue weighted by molar-refractivity contribution is 5.91. The fraction of sp³-hybridized carbons (Fsp3) is 0.360. The van der Waals surface area contributed by atoms with E-state index in [0.29, 0.717) is 11.0 Å². The van der Waals surface area contributed by atoms with Crippen LogP contribution in [0.25, 0.3) is 11.0 Å². The molecule has 0 atom stereocenters. The van der Waals surface area contributed by atoms with Crippen molar-refractivity contribution < 1.29 is 14.0 Å². The number of fused-ring (bicyclic) bond motifs is 1. The molecule has 2 N–H and O–H groups in total. The summed E-state index contributed by atoms with van der Waals surface area (Å²) in [7, 11) is 0. The quantitative estimate of drug-likeness (QED) is 0.576. The van der Waals surface area contributed by atoms with Crippen LogP contribution in [-0.4, -0.2) is 27.4 Å². The number of hydrogen-bond acceptors (Lipinski definition) is 4. The van der Waals surface area contributed by atoms with Gasteiger partial charge in [0.2, 0.25) is 11.8 Å². The largest absolute Gasteiger partial charge is 0.353 e. The summed E-state index contributed by atoms with van der Waals surface area (Å²) in [5.41, 5.74) is 1.65. The van der Waals surface area contributed by atoms with Gasteiger partial charge in [0.1, 0.15) is 18.1 Å². The van der Waals surface area contributed by atoms with E-state index in [0.717, 1.165) is 31.2 Å². The number of benzene rings is 2. The summed E-state index contributed by atoms with van der Waals surface area (Å²) in [6, 6.07) is 11.7. The summed E-state index contributed by atoms with van der Waals surface area (Å²) in [5.74, 6) is -1.17. The summed E-state index contributed by atoms with van der Waals surface area (Å²) >= 11 is 0. The predicted molar refractivity (Wildman–Crippen MR) is 124 cm³/mol. The maximum absolute atomic E-state index is 14.1. The zero-order valence-corrected chi connectivity index (χ0v) is 18.6. The first-order valence-electron chi connectivity index (χ1n) is 11.2. The Kier molecular flexibility index (Phi) is 6.82. The lowest BCUT2D eigenvalue weighted by atomic mass is 10.2. The highest BCUT2D eigenvalue weighted by atomic mass is 19.1. The average molecular weight is 451 g/mol. The first-order valence-corrected chi connectivity index (χ1v) is 11.2. The maximum atomic E-state index is 14.1. The smallest absolute Gasteiger partial charge is 0.273 e. The summed E-state index contributed by atoms with van der Waals surface area (Å²) < 4.78 is 15.5. The van der Waals surface area contributed by atoms with E-state index in [1.807, 2.05) is 0 Å². The minimum atomic E-state index is -0.538. The van der Waals surface area contributed by atoms with Gasteiger partial charge in [-0.1, -0.05) is 31.0 Å². The standard InChI is InChI=1S/C25H27FN4O3/c1-16-10-11-19(18(26)14-16)29-24(32)15-30-22-9-5-4-8-20(22)28-21(25(30)33)12-13-23(31)27-17-6-2-3-7-17/h4-5,8-11,14,17H,2-3,6-7,12-13,15H2,1H3,(H,27,31)(H,29,32). The molecule has 3 aromatic rings. The molecule has 2 aromatic carbocycles. The van der Waals surface area contributed by atoms with Gasteiger partial charge in [0.05, 0.1) is 16.7 Å². The lowest BCUT2D eigenvalue weighted by Crippen LogP contribution is -2.34. The van der Waals surface area contributed by atoms with E-state index in [9.17, 15) is 18.8 Å². The fourth-order valence-corrected chi connectivity index (χ4v) is 4.22. The Hall–Kier alpha value is -3.55. The van der Waals surface area contributed by atoms with E-state index in [1.165, 1.54) is 16.7 Å². The lowest BCUT2D eigenvalue weighted by Gasteiger charge is -2.14. The van der Waals surface area contributed by atoms with Gasteiger partial charge in [-0.05, 0) is 49.6 Å². The second-order valence-electron chi connectivity index (χ2n) is 8.52. The van der Waals surface area contributed by atoms with Crippen molar-refractivity contribution in [3.05, 3.63) is 69.9 Å². The molecule has 0 aliphatic heterocycles. The Morgan fingerprint density at radius 2 is 1.88 bits per heavy atom. The second kappa shape index (κ2) is 9.94. The van der Waals surface area contributed by atoms with Crippen molar-refractivity contribution >= 4 is 28.5 Å². The topological polar surface area (TPSA) is 93.1 Å². The van der Waals surface area contributed by atoms with E-state index in [4.69, 9.17) is 0 Å². The van der Waals surface area contributed by atoms with E-state index in [1.54, 1.807) is 37.3 Å². The molecule has 0 unspecified atom stereocenters. The van der Waals surface area contributed by atoms with Crippen LogP contribution in [0.4, 0.5) is 10.1 Å². The number of halogens is 1. The van der Waals surface area contributed by atoms with Gasteiger partial charge >= 0.3 is 0 Å². The maximum Gasteiger partial charge on any atom is 0.273 e. The van der Waals surface area contributed by atoms with Gasteiger partial charge < -0.3 is 10.6 Å². The van der Waals surface area contributed by atoms with Gasteiger partial charge in [0.15, 0.2) is 0 Å². The number of nitrogens with one attached hydrogen (secondary N) is 2. The van der Waals surface area contributed by atoms with Gasteiger partial charge in [-0.2, -0.15) is 0 Å². The molecule has 0 radical (unpaired) electrons. The first kappa shape index (κ1) is 22.6. The molecule has 1 saturated carbocycles. The highest BCUT2D eigenvalue weighted by Gasteiger charge is 2.19. The van der Waals surface area contributed by atoms with Crippen molar-refractivity contribution in [3.63, 3.8) is 0 Å². The van der Waals surface area contributed by atoms with E-state index < -0.39 is 17.3 Å². The Morgan fingerprint density at radius 3 is 2.64 bits per heavy atom. The molecule has 1 aromatic heterocycles. The van der Waals surface area contributed by atoms with Crippen LogP contribution in [0.2, 0.25) is 0 Å². The first-order chi connectivity index (χ1) is 15.9. The number of carbonyl (C=O) groups is 2. The van der Waals surface area contributed by atoms with Crippen molar-refractivity contribution in [2.75, 3.05) is 5.32 Å². The predicted octanol–water partition coefficient (Wildman–Crippen LogP) is 3.47. The third-order valence-electron chi connectivity index (χ3n) is 5.93. The number of hydrogen-bond donors (Lipinski definition) is 2. The summed E-state index contributed by atoms with van der Waals surface area (Å²) in [6.07, 6.45) is 4.55. The van der Waals surface area contributed by atoms with Crippen LogP contribution in [0.3, 0.4) is 0 Å². The van der Waals surface area contributed by atoms with Crippen molar-refractivity contribution in [2.45, 2.75) is 58.0 Å². The minimum absolute atomic E-state index is 0.0563. The van der Waals surface area contributed by atoms with Crippen molar-refractivity contribution in [2.24, 2.45) is 0 Å². The molecule has 4 rings (SSSR count). The normalized spacial score (nSPS) is 13.9. The molecule has 8 heteroatoms. The van der Waals surface area contributed by atoms with Crippen molar-refractivity contribution in [1.29, 1.82) is 0 Å². The molecule has 1 fully saturated rings. The number of rotatable bonds is 7. The summed E-state index contributed by atoms with van der Waals surface area (Å²) in [5, 5.41) is 5.54. The number of anilines is 1. The number of para-hydroxylation sites is 2. The van der Waals surface area contributed by atoms with Crippen LogP contribution in [0.15, 0.2) is 47.3 Å². The van der Waals surface area contributed by atoms with Gasteiger partial charge in [0, 0.05) is 18.9 Å². The molecular weight excluding hydrogens is 423 g/mol. The molecule has 2 amide bonds. The summed E-state index contributed by atoms with van der Waals surface area (Å²) in [6.45, 7) is 1.46. The van der Waals surface area contributed by atoms with Gasteiger partial charge in [-0.3, -0.25) is 19.0 Å². The molecule has 0 saturated heterocycles. The van der Waals surface area contributed by atoms with Crippen LogP contribution < -0.4 is 16.2 Å². The third-order valence-corrected chi connectivity index (χ3v) is 5.93. The SMILES string of the molecule is Cc1ccc(NC(=O)Cn2c(=O)c(CCC(=O)NC3CCCC3)nc3ccccc32)c(F)c1. The van der Waals surface area contributed by atoms with Crippen molar-refractivity contribution in [1.82, 2.24) is 14.9 Å². The lowest BCUT2D eigenvalue weighted by molar-refractivity contribution is -0.121.